The van der Waals surface area contributed by atoms with Crippen LogP contribution < -0.4 is 15.0 Å². The number of carbonyl (C=O) groups is 3. The minimum atomic E-state index is -1.45. The summed E-state index contributed by atoms with van der Waals surface area (Å²) in [5.41, 5.74) is 0.577. The molecule has 2 heterocycles. The molecule has 0 aliphatic carbocycles. The van der Waals surface area contributed by atoms with E-state index in [-0.39, 0.29) is 12.3 Å². The highest BCUT2D eigenvalue weighted by molar-refractivity contribution is 6.31. The van der Waals surface area contributed by atoms with Crippen molar-refractivity contribution in [3.05, 3.63) is 95.0 Å². The predicted octanol–water partition coefficient (Wildman–Crippen LogP) is 3.95. The van der Waals surface area contributed by atoms with Gasteiger partial charge in [-0.2, -0.15) is 0 Å². The number of carbonyl (C=O) groups excluding carboxylic acids is 3. The zero-order chi connectivity index (χ0) is 25.4. The quantitative estimate of drug-likeness (QED) is 0.404. The molecular weight excluding hydrogens is 480 g/mol. The molecule has 2 fully saturated rings. The van der Waals surface area contributed by atoms with Crippen LogP contribution in [0.5, 0.6) is 5.75 Å². The molecule has 3 aromatic carbocycles. The third-order valence-electron chi connectivity index (χ3n) is 7.09. The molecule has 0 bridgehead atoms. The Hall–Kier alpha value is -3.68. The Morgan fingerprint density at radius 2 is 1.61 bits per heavy atom. The van der Waals surface area contributed by atoms with Crippen molar-refractivity contribution in [2.45, 2.75) is 18.0 Å². The Labute approximate surface area is 214 Å². The number of fused-ring (bicyclic) bond motifs is 1. The van der Waals surface area contributed by atoms with Crippen molar-refractivity contribution in [3.63, 3.8) is 0 Å². The highest BCUT2D eigenvalue weighted by atomic mass is 35.5. The van der Waals surface area contributed by atoms with Crippen LogP contribution in [0.25, 0.3) is 0 Å². The van der Waals surface area contributed by atoms with E-state index in [1.807, 2.05) is 42.5 Å². The summed E-state index contributed by atoms with van der Waals surface area (Å²) in [5.74, 6) is -2.54. The van der Waals surface area contributed by atoms with Crippen molar-refractivity contribution < 1.29 is 23.9 Å². The van der Waals surface area contributed by atoms with E-state index in [0.29, 0.717) is 16.5 Å². The fraction of sp³-hybridized carbons (Fsp3) is 0.250. The number of imide groups is 1. The van der Waals surface area contributed by atoms with Gasteiger partial charge in [0.2, 0.25) is 11.8 Å². The molecule has 2 aliphatic rings. The molecule has 5 rings (SSSR count). The number of benzene rings is 3. The molecule has 0 unspecified atom stereocenters. The van der Waals surface area contributed by atoms with Crippen LogP contribution in [-0.4, -0.2) is 37.5 Å². The van der Waals surface area contributed by atoms with Crippen LogP contribution in [0.15, 0.2) is 78.9 Å². The minimum Gasteiger partial charge on any atom is -0.497 e. The lowest BCUT2D eigenvalue weighted by atomic mass is 9.76. The highest BCUT2D eigenvalue weighted by Gasteiger charge is 2.68. The van der Waals surface area contributed by atoms with Gasteiger partial charge in [0.1, 0.15) is 11.3 Å². The summed E-state index contributed by atoms with van der Waals surface area (Å²) >= 11 is 6.04. The molecule has 3 aromatic rings. The van der Waals surface area contributed by atoms with Crippen LogP contribution in [0.2, 0.25) is 5.02 Å². The molecule has 0 spiro atoms. The second-order valence-corrected chi connectivity index (χ2v) is 9.45. The lowest BCUT2D eigenvalue weighted by Gasteiger charge is -2.32. The first-order valence-corrected chi connectivity index (χ1v) is 11.9. The third kappa shape index (κ3) is 3.85. The molecule has 1 N–H and O–H groups in total. The number of esters is 1. The Kier molecular flexibility index (Phi) is 6.28. The molecule has 0 saturated carbocycles. The maximum Gasteiger partial charge on any atom is 0.327 e. The standard InChI is InChI=1S/C28H25ClN2O5/c1-35-21-14-8-18(9-15-21)24-22-23(26(33)31(25(22)32)20-12-10-19(29)11-13-20)28(30-24,27(34)36-2)16-17-6-4-3-5-7-17/h3-15,22-24,30H,16H2,1-2H3/t22-,23-,24+,28-/m0/s1. The summed E-state index contributed by atoms with van der Waals surface area (Å²) in [7, 11) is 2.87. The molecule has 0 radical (unpaired) electrons. The van der Waals surface area contributed by atoms with Gasteiger partial charge in [0.05, 0.1) is 31.7 Å². The van der Waals surface area contributed by atoms with Crippen LogP contribution in [-0.2, 0) is 25.5 Å². The van der Waals surface area contributed by atoms with Crippen LogP contribution in [0.4, 0.5) is 5.69 Å². The minimum absolute atomic E-state index is 0.182. The maximum absolute atomic E-state index is 14.0. The van der Waals surface area contributed by atoms with Gasteiger partial charge in [0.15, 0.2) is 0 Å². The number of methoxy groups -OCH3 is 2. The van der Waals surface area contributed by atoms with E-state index in [1.54, 1.807) is 43.5 Å². The summed E-state index contributed by atoms with van der Waals surface area (Å²) in [5, 5.41) is 3.89. The largest absolute Gasteiger partial charge is 0.497 e. The summed E-state index contributed by atoms with van der Waals surface area (Å²) < 4.78 is 10.5. The number of anilines is 1. The van der Waals surface area contributed by atoms with Gasteiger partial charge in [-0.1, -0.05) is 54.1 Å². The molecule has 4 atom stereocenters. The first kappa shape index (κ1) is 24.0. The number of rotatable bonds is 6. The summed E-state index contributed by atoms with van der Waals surface area (Å²) in [6.45, 7) is 0. The lowest BCUT2D eigenvalue weighted by Crippen LogP contribution is -2.57. The van der Waals surface area contributed by atoms with Crippen LogP contribution >= 0.6 is 11.6 Å². The van der Waals surface area contributed by atoms with Crippen LogP contribution in [0.1, 0.15) is 17.2 Å². The van der Waals surface area contributed by atoms with Crippen LogP contribution in [0, 0.1) is 11.8 Å². The van der Waals surface area contributed by atoms with E-state index in [4.69, 9.17) is 21.1 Å². The van der Waals surface area contributed by atoms with Gasteiger partial charge in [0, 0.05) is 17.5 Å². The number of nitrogens with one attached hydrogen (secondary N) is 1. The summed E-state index contributed by atoms with van der Waals surface area (Å²) in [6.07, 6.45) is 0.182. The Morgan fingerprint density at radius 1 is 0.944 bits per heavy atom. The molecule has 0 aromatic heterocycles. The van der Waals surface area contributed by atoms with Gasteiger partial charge < -0.3 is 9.47 Å². The van der Waals surface area contributed by atoms with Crippen molar-refractivity contribution in [3.8, 4) is 5.75 Å². The van der Waals surface area contributed by atoms with Gasteiger partial charge in [-0.25, -0.2) is 4.90 Å². The lowest BCUT2D eigenvalue weighted by molar-refractivity contribution is -0.152. The average Bonchev–Trinajstić information content (AvgIpc) is 3.38. The third-order valence-corrected chi connectivity index (χ3v) is 7.34. The smallest absolute Gasteiger partial charge is 0.327 e. The molecule has 2 amide bonds. The normalized spacial score (nSPS) is 25.1. The fourth-order valence-corrected chi connectivity index (χ4v) is 5.59. The van der Waals surface area contributed by atoms with Gasteiger partial charge in [-0.05, 0) is 47.5 Å². The second kappa shape index (κ2) is 9.41. The van der Waals surface area contributed by atoms with Gasteiger partial charge in [-0.3, -0.25) is 19.7 Å². The Morgan fingerprint density at radius 3 is 2.22 bits per heavy atom. The molecule has 36 heavy (non-hydrogen) atoms. The first-order valence-electron chi connectivity index (χ1n) is 11.6. The SMILES string of the molecule is COC(=O)[C@@]1(Cc2ccccc2)N[C@H](c2ccc(OC)cc2)[C@H]2C(=O)N(c3ccc(Cl)cc3)C(=O)[C@H]21. The van der Waals surface area contributed by atoms with Crippen molar-refractivity contribution in [2.24, 2.45) is 11.8 Å². The number of nitrogens with zero attached hydrogens (tertiary/aromatic N) is 1. The van der Waals surface area contributed by atoms with Gasteiger partial charge in [-0.15, -0.1) is 0 Å². The van der Waals surface area contributed by atoms with Crippen LogP contribution in [0.3, 0.4) is 0 Å². The van der Waals surface area contributed by atoms with Crippen molar-refractivity contribution in [2.75, 3.05) is 19.1 Å². The maximum atomic E-state index is 14.0. The molecule has 7 nitrogen and oxygen atoms in total. The molecule has 2 saturated heterocycles. The fourth-order valence-electron chi connectivity index (χ4n) is 5.47. The second-order valence-electron chi connectivity index (χ2n) is 9.01. The van der Waals surface area contributed by atoms with E-state index in [2.05, 4.69) is 5.32 Å². The zero-order valence-electron chi connectivity index (χ0n) is 19.8. The number of ether oxygens (including phenoxy) is 2. The summed E-state index contributed by atoms with van der Waals surface area (Å²) in [6, 6.07) is 22.6. The van der Waals surface area contributed by atoms with E-state index < -0.39 is 35.3 Å². The van der Waals surface area contributed by atoms with Gasteiger partial charge >= 0.3 is 5.97 Å². The average molecular weight is 505 g/mol. The highest BCUT2D eigenvalue weighted by Crippen LogP contribution is 2.51. The van der Waals surface area contributed by atoms with E-state index in [9.17, 15) is 14.4 Å². The first-order chi connectivity index (χ1) is 17.4. The van der Waals surface area contributed by atoms with E-state index in [0.717, 1.165) is 11.1 Å². The summed E-state index contributed by atoms with van der Waals surface area (Å²) in [4.78, 5) is 42.6. The Bertz CT molecular complexity index is 1300. The Balaban J connectivity index is 1.66. The van der Waals surface area contributed by atoms with E-state index >= 15 is 0 Å². The molecule has 184 valence electrons. The molecule has 8 heteroatoms. The topological polar surface area (TPSA) is 84.9 Å². The number of amides is 2. The van der Waals surface area contributed by atoms with E-state index in [1.165, 1.54) is 12.0 Å². The monoisotopic (exact) mass is 504 g/mol. The zero-order valence-corrected chi connectivity index (χ0v) is 20.6. The van der Waals surface area contributed by atoms with Gasteiger partial charge in [0.25, 0.3) is 0 Å². The van der Waals surface area contributed by atoms with Crippen molar-refractivity contribution >= 4 is 35.1 Å². The number of hydrogen-bond acceptors (Lipinski definition) is 6. The predicted molar refractivity (Wildman–Crippen MR) is 135 cm³/mol. The molecular formula is C28H25ClN2O5. The van der Waals surface area contributed by atoms with Crippen molar-refractivity contribution in [1.29, 1.82) is 0 Å². The number of hydrogen-bond donors (Lipinski definition) is 1. The number of halogens is 1. The van der Waals surface area contributed by atoms with Crippen molar-refractivity contribution in [1.82, 2.24) is 5.32 Å². The molecule has 2 aliphatic heterocycles.